The number of guanidine groups is 1. The monoisotopic (exact) mass is 399 g/mol. The van der Waals surface area contributed by atoms with Crippen LogP contribution in [0.25, 0.3) is 11.3 Å². The van der Waals surface area contributed by atoms with Crippen molar-refractivity contribution in [3.8, 4) is 11.3 Å². The first-order valence-electron chi connectivity index (χ1n) is 8.30. The number of amides is 1. The highest BCUT2D eigenvalue weighted by Gasteiger charge is 2.50. The molecule has 2 aromatic heterocycles. The molecular weight excluding hydrogens is 385 g/mol. The molecule has 0 aliphatic carbocycles. The van der Waals surface area contributed by atoms with Crippen LogP contribution in [-0.4, -0.2) is 33.8 Å². The average Bonchev–Trinajstić information content (AvgIpc) is 3.32. The van der Waals surface area contributed by atoms with Gasteiger partial charge in [-0.25, -0.2) is 14.4 Å². The molecule has 28 heavy (non-hydrogen) atoms. The third-order valence-electron chi connectivity index (χ3n) is 4.64. The highest BCUT2D eigenvalue weighted by atomic mass is 35.5. The van der Waals surface area contributed by atoms with Gasteiger partial charge in [0.1, 0.15) is 6.67 Å². The zero-order valence-electron chi connectivity index (χ0n) is 14.8. The summed E-state index contributed by atoms with van der Waals surface area (Å²) >= 11 is 6.33. The molecule has 1 aliphatic rings. The van der Waals surface area contributed by atoms with E-state index in [1.54, 1.807) is 24.3 Å². The SMILES string of the molecule is CN1C(=O)C(c2cc(Cl)cc(-c3cnco3)c2)(c2ccnc(CF)c2)N=C1N. The molecule has 7 nitrogen and oxygen atoms in total. The highest BCUT2D eigenvalue weighted by Crippen LogP contribution is 2.41. The molecule has 0 spiro atoms. The lowest BCUT2D eigenvalue weighted by molar-refractivity contribution is -0.129. The van der Waals surface area contributed by atoms with Gasteiger partial charge in [0.15, 0.2) is 23.7 Å². The van der Waals surface area contributed by atoms with Gasteiger partial charge in [0, 0.05) is 23.8 Å². The maximum Gasteiger partial charge on any atom is 0.266 e. The summed E-state index contributed by atoms with van der Waals surface area (Å²) in [6.45, 7) is -0.772. The van der Waals surface area contributed by atoms with Crippen LogP contribution in [0.5, 0.6) is 0 Å². The number of carbonyl (C=O) groups excluding carboxylic acids is 1. The Balaban J connectivity index is 1.99. The first kappa shape index (κ1) is 18.1. The quantitative estimate of drug-likeness (QED) is 0.727. The van der Waals surface area contributed by atoms with Crippen molar-refractivity contribution in [1.82, 2.24) is 14.9 Å². The molecule has 4 rings (SSSR count). The van der Waals surface area contributed by atoms with Crippen LogP contribution in [-0.2, 0) is 17.0 Å². The second kappa shape index (κ2) is 6.72. The van der Waals surface area contributed by atoms with Crippen LogP contribution < -0.4 is 5.73 Å². The largest absolute Gasteiger partial charge is 0.444 e. The number of hydrogen-bond donors (Lipinski definition) is 1. The summed E-state index contributed by atoms with van der Waals surface area (Å²) in [5.41, 5.74) is 6.18. The standard InChI is InChI=1S/C19H15ClFN5O2/c1-26-17(27)19(25-18(26)22,12-2-3-24-15(7-12)8-21)13-4-11(5-14(20)6-13)16-9-23-10-28-16/h2-7,9-10H,8H2,1H3,(H2,22,25). The predicted octanol–water partition coefficient (Wildman–Crippen LogP) is 2.89. The zero-order valence-corrected chi connectivity index (χ0v) is 15.5. The molecule has 1 amide bonds. The lowest BCUT2D eigenvalue weighted by Crippen LogP contribution is -2.41. The Morgan fingerprint density at radius 3 is 2.75 bits per heavy atom. The van der Waals surface area contributed by atoms with Gasteiger partial charge in [0.05, 0.1) is 11.9 Å². The third kappa shape index (κ3) is 2.73. The Morgan fingerprint density at radius 1 is 1.29 bits per heavy atom. The molecule has 1 atom stereocenters. The van der Waals surface area contributed by atoms with Crippen molar-refractivity contribution in [2.24, 2.45) is 10.7 Å². The van der Waals surface area contributed by atoms with E-state index in [9.17, 15) is 9.18 Å². The van der Waals surface area contributed by atoms with Gasteiger partial charge in [-0.3, -0.25) is 14.7 Å². The second-order valence-corrected chi connectivity index (χ2v) is 6.74. The van der Waals surface area contributed by atoms with Crippen LogP contribution in [0.1, 0.15) is 16.8 Å². The van der Waals surface area contributed by atoms with Crippen molar-refractivity contribution >= 4 is 23.5 Å². The molecule has 142 valence electrons. The number of carbonyl (C=O) groups is 1. The van der Waals surface area contributed by atoms with Crippen LogP contribution in [0.2, 0.25) is 5.02 Å². The molecule has 1 aliphatic heterocycles. The van der Waals surface area contributed by atoms with Gasteiger partial charge in [-0.2, -0.15) is 0 Å². The fraction of sp³-hybridized carbons (Fsp3) is 0.158. The van der Waals surface area contributed by atoms with Crippen molar-refractivity contribution in [2.45, 2.75) is 12.2 Å². The summed E-state index contributed by atoms with van der Waals surface area (Å²) in [4.78, 5) is 26.9. The van der Waals surface area contributed by atoms with Gasteiger partial charge in [0.25, 0.3) is 5.91 Å². The predicted molar refractivity (Wildman–Crippen MR) is 101 cm³/mol. The van der Waals surface area contributed by atoms with Crippen molar-refractivity contribution in [2.75, 3.05) is 7.05 Å². The van der Waals surface area contributed by atoms with E-state index in [-0.39, 0.29) is 17.6 Å². The smallest absolute Gasteiger partial charge is 0.266 e. The Morgan fingerprint density at radius 2 is 2.11 bits per heavy atom. The molecule has 9 heteroatoms. The van der Waals surface area contributed by atoms with Gasteiger partial charge in [-0.15, -0.1) is 0 Å². The van der Waals surface area contributed by atoms with Crippen LogP contribution in [0.3, 0.4) is 0 Å². The Kier molecular flexibility index (Phi) is 4.35. The van der Waals surface area contributed by atoms with E-state index in [2.05, 4.69) is 15.0 Å². The zero-order chi connectivity index (χ0) is 19.9. The number of rotatable bonds is 4. The van der Waals surface area contributed by atoms with E-state index in [1.165, 1.54) is 36.8 Å². The Hall–Kier alpha value is -3.26. The summed E-state index contributed by atoms with van der Waals surface area (Å²) in [5, 5.41) is 0.374. The van der Waals surface area contributed by atoms with E-state index >= 15 is 0 Å². The molecule has 0 fully saturated rings. The van der Waals surface area contributed by atoms with Crippen molar-refractivity contribution in [3.05, 3.63) is 71.0 Å². The number of nitrogens with two attached hydrogens (primary N) is 1. The summed E-state index contributed by atoms with van der Waals surface area (Å²) in [5.74, 6) is 0.144. The molecule has 1 aromatic carbocycles. The normalized spacial score (nSPS) is 19.2. The van der Waals surface area contributed by atoms with E-state index in [0.717, 1.165) is 0 Å². The number of likely N-dealkylation sites (N-methyl/N-ethyl adjacent to an activating group) is 1. The van der Waals surface area contributed by atoms with E-state index < -0.39 is 12.2 Å². The summed E-state index contributed by atoms with van der Waals surface area (Å²) in [7, 11) is 1.53. The lowest BCUT2D eigenvalue weighted by Gasteiger charge is -2.26. The number of aromatic nitrogens is 2. The lowest BCUT2D eigenvalue weighted by atomic mass is 9.82. The number of hydrogen-bond acceptors (Lipinski definition) is 6. The van der Waals surface area contributed by atoms with E-state index in [0.29, 0.717) is 27.5 Å². The van der Waals surface area contributed by atoms with Crippen molar-refractivity contribution in [3.63, 3.8) is 0 Å². The minimum absolute atomic E-state index is 0.0461. The molecule has 3 aromatic rings. The van der Waals surface area contributed by atoms with Gasteiger partial charge < -0.3 is 10.2 Å². The molecule has 0 radical (unpaired) electrons. The van der Waals surface area contributed by atoms with Crippen LogP contribution >= 0.6 is 11.6 Å². The van der Waals surface area contributed by atoms with Gasteiger partial charge in [-0.1, -0.05) is 11.6 Å². The van der Waals surface area contributed by atoms with E-state index in [1.807, 2.05) is 0 Å². The van der Waals surface area contributed by atoms with Crippen LogP contribution in [0, 0.1) is 0 Å². The summed E-state index contributed by atoms with van der Waals surface area (Å²) < 4.78 is 18.6. The van der Waals surface area contributed by atoms with Gasteiger partial charge >= 0.3 is 0 Å². The molecule has 0 saturated carbocycles. The number of halogens is 2. The summed E-state index contributed by atoms with van der Waals surface area (Å²) in [6.07, 6.45) is 4.27. The molecule has 0 bridgehead atoms. The van der Waals surface area contributed by atoms with Crippen LogP contribution in [0.4, 0.5) is 4.39 Å². The average molecular weight is 400 g/mol. The minimum Gasteiger partial charge on any atom is -0.444 e. The topological polar surface area (TPSA) is 97.6 Å². The Labute approximate surface area is 164 Å². The molecule has 2 N–H and O–H groups in total. The molecular formula is C19H15ClFN5O2. The number of oxazole rings is 1. The molecule has 3 heterocycles. The fourth-order valence-corrected chi connectivity index (χ4v) is 3.49. The number of alkyl halides is 1. The number of aliphatic imine (C=N–C) groups is 1. The van der Waals surface area contributed by atoms with Crippen LogP contribution in [0.15, 0.2) is 58.5 Å². The minimum atomic E-state index is -1.51. The maximum absolute atomic E-state index is 13.3. The fourth-order valence-electron chi connectivity index (χ4n) is 3.26. The molecule has 0 saturated heterocycles. The van der Waals surface area contributed by atoms with E-state index in [4.69, 9.17) is 21.8 Å². The Bertz CT molecular complexity index is 1090. The molecule has 1 unspecified atom stereocenters. The highest BCUT2D eigenvalue weighted by molar-refractivity contribution is 6.31. The van der Waals surface area contributed by atoms with Crippen molar-refractivity contribution in [1.29, 1.82) is 0 Å². The number of benzene rings is 1. The van der Waals surface area contributed by atoms with Gasteiger partial charge in [-0.05, 0) is 41.5 Å². The van der Waals surface area contributed by atoms with Gasteiger partial charge in [0.2, 0.25) is 0 Å². The second-order valence-electron chi connectivity index (χ2n) is 6.31. The first-order chi connectivity index (χ1) is 13.5. The first-order valence-corrected chi connectivity index (χ1v) is 8.68. The number of pyridine rings is 1. The maximum atomic E-state index is 13.3. The third-order valence-corrected chi connectivity index (χ3v) is 4.86. The summed E-state index contributed by atoms with van der Waals surface area (Å²) in [6, 6.07) is 8.17. The van der Waals surface area contributed by atoms with Crippen molar-refractivity contribution < 1.29 is 13.6 Å². The number of nitrogens with zero attached hydrogens (tertiary/aromatic N) is 4.